The Morgan fingerprint density at radius 1 is 1.05 bits per heavy atom. The van der Waals surface area contributed by atoms with Gasteiger partial charge in [0.1, 0.15) is 5.82 Å². The number of halogens is 1. The van der Waals surface area contributed by atoms with Gasteiger partial charge in [0.15, 0.2) is 0 Å². The van der Waals surface area contributed by atoms with Crippen LogP contribution in [0.5, 0.6) is 0 Å². The first-order valence-corrected chi connectivity index (χ1v) is 7.49. The molecule has 0 atom stereocenters. The quantitative estimate of drug-likeness (QED) is 0.560. The third kappa shape index (κ3) is 13.4. The van der Waals surface area contributed by atoms with Crippen molar-refractivity contribution in [2.45, 2.75) is 74.7 Å². The molecular formula is C18H33F. The molecule has 112 valence electrons. The molecule has 1 rings (SSSR count). The first-order valence-electron chi connectivity index (χ1n) is 7.49. The van der Waals surface area contributed by atoms with Crippen LogP contribution >= 0.6 is 0 Å². The lowest BCUT2D eigenvalue weighted by Crippen LogP contribution is -2.03. The average molecular weight is 268 g/mol. The van der Waals surface area contributed by atoms with Crippen LogP contribution in [-0.2, 0) is 0 Å². The van der Waals surface area contributed by atoms with E-state index in [1.165, 1.54) is 25.3 Å². The van der Waals surface area contributed by atoms with Gasteiger partial charge < -0.3 is 0 Å². The molecule has 0 unspecified atom stereocenters. The van der Waals surface area contributed by atoms with E-state index in [2.05, 4.69) is 27.7 Å². The number of unbranched alkanes of at least 4 members (excludes halogenated alkanes) is 1. The Labute approximate surface area is 120 Å². The third-order valence-corrected chi connectivity index (χ3v) is 2.59. The maximum absolute atomic E-state index is 12.5. The van der Waals surface area contributed by atoms with Gasteiger partial charge in [-0.1, -0.05) is 72.1 Å². The monoisotopic (exact) mass is 268 g/mol. The van der Waals surface area contributed by atoms with Crippen molar-refractivity contribution in [3.05, 3.63) is 35.1 Å². The van der Waals surface area contributed by atoms with Crippen LogP contribution in [0.3, 0.4) is 0 Å². The van der Waals surface area contributed by atoms with Crippen molar-refractivity contribution in [1.29, 1.82) is 0 Å². The zero-order valence-electron chi connectivity index (χ0n) is 14.2. The summed E-state index contributed by atoms with van der Waals surface area (Å²) in [7, 11) is 0. The largest absolute Gasteiger partial charge is 0.207 e. The van der Waals surface area contributed by atoms with Crippen molar-refractivity contribution in [2.75, 3.05) is 0 Å². The lowest BCUT2D eigenvalue weighted by Gasteiger charge is -2.16. The van der Waals surface area contributed by atoms with Gasteiger partial charge in [-0.15, -0.1) is 0 Å². The molecule has 0 aliphatic heterocycles. The number of aryl methyl sites for hydroxylation is 2. The zero-order valence-corrected chi connectivity index (χ0v) is 14.2. The predicted molar refractivity (Wildman–Crippen MR) is 86.2 cm³/mol. The molecule has 0 heterocycles. The van der Waals surface area contributed by atoms with Crippen molar-refractivity contribution >= 4 is 0 Å². The van der Waals surface area contributed by atoms with Crippen molar-refractivity contribution in [3.63, 3.8) is 0 Å². The highest BCUT2D eigenvalue weighted by atomic mass is 19.1. The van der Waals surface area contributed by atoms with E-state index in [4.69, 9.17) is 0 Å². The Hall–Kier alpha value is -0.850. The van der Waals surface area contributed by atoms with Gasteiger partial charge in [0.05, 0.1) is 0 Å². The van der Waals surface area contributed by atoms with Gasteiger partial charge in [0, 0.05) is 0 Å². The molecule has 1 aromatic rings. The highest BCUT2D eigenvalue weighted by molar-refractivity contribution is 5.22. The maximum atomic E-state index is 12.5. The molecule has 0 aromatic heterocycles. The average Bonchev–Trinajstić information content (AvgIpc) is 2.34. The molecule has 0 fully saturated rings. The van der Waals surface area contributed by atoms with Crippen LogP contribution in [0.4, 0.5) is 4.39 Å². The van der Waals surface area contributed by atoms with E-state index in [-0.39, 0.29) is 5.82 Å². The van der Waals surface area contributed by atoms with E-state index in [1.54, 1.807) is 13.0 Å². The minimum atomic E-state index is -0.124. The molecule has 1 aromatic carbocycles. The van der Waals surface area contributed by atoms with Gasteiger partial charge in [0.25, 0.3) is 0 Å². The summed E-state index contributed by atoms with van der Waals surface area (Å²) in [6.45, 7) is 16.8. The number of hydrogen-bond acceptors (Lipinski definition) is 0. The highest BCUT2D eigenvalue weighted by Gasteiger charge is 2.07. The van der Waals surface area contributed by atoms with E-state index < -0.39 is 0 Å². The Bertz CT molecular complexity index is 321. The Morgan fingerprint density at radius 3 is 1.84 bits per heavy atom. The minimum Gasteiger partial charge on any atom is -0.207 e. The summed E-state index contributed by atoms with van der Waals surface area (Å²) in [6, 6.07) is 5.09. The lowest BCUT2D eigenvalue weighted by molar-refractivity contribution is 0.363. The summed E-state index contributed by atoms with van der Waals surface area (Å²) in [6.07, 6.45) is 4.07. The fourth-order valence-corrected chi connectivity index (χ4v) is 1.50. The van der Waals surface area contributed by atoms with Crippen LogP contribution in [0.25, 0.3) is 0 Å². The number of rotatable bonds is 2. The van der Waals surface area contributed by atoms with Gasteiger partial charge in [-0.3, -0.25) is 0 Å². The fraction of sp³-hybridized carbons (Fsp3) is 0.667. The SMILES string of the molecule is CC.CCCCC(C)(C)C.Cc1ccc(F)c(C)c1. The maximum Gasteiger partial charge on any atom is 0.126 e. The summed E-state index contributed by atoms with van der Waals surface area (Å²) < 4.78 is 12.5. The molecule has 0 amide bonds. The fourth-order valence-electron chi connectivity index (χ4n) is 1.50. The highest BCUT2D eigenvalue weighted by Crippen LogP contribution is 2.20. The topological polar surface area (TPSA) is 0 Å². The summed E-state index contributed by atoms with van der Waals surface area (Å²) in [5.41, 5.74) is 2.37. The molecule has 0 spiro atoms. The van der Waals surface area contributed by atoms with Crippen LogP contribution in [0.2, 0.25) is 0 Å². The standard InChI is InChI=1S/C8H9F.C8H18.C2H6/c1-6-3-4-8(9)7(2)5-6;1-5-6-7-8(2,3)4;1-2/h3-5H,1-2H3;5-7H2,1-4H3;1-2H3. The van der Waals surface area contributed by atoms with Gasteiger partial charge in [-0.2, -0.15) is 0 Å². The van der Waals surface area contributed by atoms with Crippen molar-refractivity contribution in [3.8, 4) is 0 Å². The molecule has 1 heteroatoms. The lowest BCUT2D eigenvalue weighted by atomic mass is 9.90. The van der Waals surface area contributed by atoms with E-state index >= 15 is 0 Å². The molecule has 0 aliphatic carbocycles. The number of benzene rings is 1. The summed E-state index contributed by atoms with van der Waals surface area (Å²) in [5, 5.41) is 0. The van der Waals surface area contributed by atoms with E-state index in [9.17, 15) is 4.39 Å². The van der Waals surface area contributed by atoms with E-state index in [1.807, 2.05) is 26.8 Å². The zero-order chi connectivity index (χ0) is 15.5. The van der Waals surface area contributed by atoms with E-state index in [0.717, 1.165) is 11.1 Å². The molecule has 0 N–H and O–H groups in total. The van der Waals surface area contributed by atoms with Crippen LogP contribution in [0, 0.1) is 25.1 Å². The van der Waals surface area contributed by atoms with Gasteiger partial charge in [-0.25, -0.2) is 4.39 Å². The van der Waals surface area contributed by atoms with E-state index in [0.29, 0.717) is 5.41 Å². The Balaban J connectivity index is 0. The number of hydrogen-bond donors (Lipinski definition) is 0. The summed E-state index contributed by atoms with van der Waals surface area (Å²) >= 11 is 0. The van der Waals surface area contributed by atoms with Gasteiger partial charge >= 0.3 is 0 Å². The second-order valence-corrected chi connectivity index (χ2v) is 5.92. The molecule has 0 aliphatic rings. The normalized spacial score (nSPS) is 9.95. The molecule has 0 radical (unpaired) electrons. The minimum absolute atomic E-state index is 0.124. The molecule has 0 bridgehead atoms. The van der Waals surface area contributed by atoms with Crippen molar-refractivity contribution < 1.29 is 4.39 Å². The molecular weight excluding hydrogens is 235 g/mol. The van der Waals surface area contributed by atoms with Gasteiger partial charge in [-0.05, 0) is 37.3 Å². The Morgan fingerprint density at radius 2 is 1.58 bits per heavy atom. The van der Waals surface area contributed by atoms with Crippen molar-refractivity contribution in [2.24, 2.45) is 5.41 Å². The Kier molecular flexibility index (Phi) is 11.9. The van der Waals surface area contributed by atoms with Crippen LogP contribution < -0.4 is 0 Å². The first kappa shape index (κ1) is 20.5. The van der Waals surface area contributed by atoms with Crippen LogP contribution in [0.15, 0.2) is 18.2 Å². The molecule has 0 saturated carbocycles. The first-order chi connectivity index (χ1) is 8.76. The predicted octanol–water partition coefficient (Wildman–Crippen LogP) is 6.69. The molecule has 0 saturated heterocycles. The second kappa shape index (κ2) is 11.0. The molecule has 19 heavy (non-hydrogen) atoms. The smallest absolute Gasteiger partial charge is 0.126 e. The molecule has 0 nitrogen and oxygen atoms in total. The van der Waals surface area contributed by atoms with Crippen LogP contribution in [0.1, 0.15) is 71.9 Å². The van der Waals surface area contributed by atoms with Crippen molar-refractivity contribution in [1.82, 2.24) is 0 Å². The van der Waals surface area contributed by atoms with Gasteiger partial charge in [0.2, 0.25) is 0 Å². The summed E-state index contributed by atoms with van der Waals surface area (Å²) in [4.78, 5) is 0. The third-order valence-electron chi connectivity index (χ3n) is 2.59. The summed E-state index contributed by atoms with van der Waals surface area (Å²) in [5.74, 6) is -0.124. The van der Waals surface area contributed by atoms with Crippen LogP contribution in [-0.4, -0.2) is 0 Å². The second-order valence-electron chi connectivity index (χ2n) is 5.92.